The Hall–Kier alpha value is -2.15. The SMILES string of the molecule is CCOC(=O)c1nc(SC)n2c1cnc1ccncc12. The fraction of sp³-hybridized carbons (Fsp3) is 0.231. The highest BCUT2D eigenvalue weighted by molar-refractivity contribution is 7.98. The second-order valence-corrected chi connectivity index (χ2v) is 4.78. The number of carbonyl (C=O) groups excluding carboxylic acids is 1. The molecule has 0 fully saturated rings. The highest BCUT2D eigenvalue weighted by Crippen LogP contribution is 2.24. The molecule has 0 saturated heterocycles. The molecule has 0 saturated carbocycles. The number of nitrogens with zero attached hydrogens (tertiary/aromatic N) is 4. The van der Waals surface area contributed by atoms with Crippen molar-refractivity contribution in [2.45, 2.75) is 12.1 Å². The first-order chi connectivity index (χ1) is 9.76. The molecule has 20 heavy (non-hydrogen) atoms. The smallest absolute Gasteiger partial charge is 0.359 e. The minimum Gasteiger partial charge on any atom is -0.461 e. The fourth-order valence-corrected chi connectivity index (χ4v) is 2.60. The minimum atomic E-state index is -0.435. The Kier molecular flexibility index (Phi) is 3.27. The van der Waals surface area contributed by atoms with Gasteiger partial charge in [-0.15, -0.1) is 0 Å². The van der Waals surface area contributed by atoms with Crippen LogP contribution in [0.1, 0.15) is 17.4 Å². The van der Waals surface area contributed by atoms with Gasteiger partial charge < -0.3 is 4.74 Å². The molecule has 3 aromatic heterocycles. The maximum atomic E-state index is 12.0. The molecule has 0 unspecified atom stereocenters. The monoisotopic (exact) mass is 288 g/mol. The van der Waals surface area contributed by atoms with Crippen LogP contribution in [0.4, 0.5) is 0 Å². The van der Waals surface area contributed by atoms with E-state index in [2.05, 4.69) is 15.0 Å². The van der Waals surface area contributed by atoms with Crippen LogP contribution in [0.3, 0.4) is 0 Å². The van der Waals surface area contributed by atoms with Gasteiger partial charge >= 0.3 is 5.97 Å². The van der Waals surface area contributed by atoms with Crippen molar-refractivity contribution >= 4 is 34.3 Å². The second kappa shape index (κ2) is 5.09. The van der Waals surface area contributed by atoms with E-state index in [1.807, 2.05) is 16.7 Å². The van der Waals surface area contributed by atoms with Crippen LogP contribution in [0.25, 0.3) is 16.6 Å². The van der Waals surface area contributed by atoms with E-state index >= 15 is 0 Å². The van der Waals surface area contributed by atoms with Gasteiger partial charge in [-0.2, -0.15) is 0 Å². The summed E-state index contributed by atoms with van der Waals surface area (Å²) in [4.78, 5) is 24.8. The maximum Gasteiger partial charge on any atom is 0.359 e. The van der Waals surface area contributed by atoms with Gasteiger partial charge in [0.1, 0.15) is 0 Å². The number of imidazole rings is 1. The van der Waals surface area contributed by atoms with Crippen molar-refractivity contribution in [2.24, 2.45) is 0 Å². The van der Waals surface area contributed by atoms with Gasteiger partial charge in [0, 0.05) is 6.20 Å². The van der Waals surface area contributed by atoms with E-state index in [0.29, 0.717) is 17.3 Å². The number of hydrogen-bond acceptors (Lipinski definition) is 6. The van der Waals surface area contributed by atoms with Crippen molar-refractivity contribution in [2.75, 3.05) is 12.9 Å². The molecule has 3 heterocycles. The lowest BCUT2D eigenvalue weighted by Gasteiger charge is -2.03. The van der Waals surface area contributed by atoms with Crippen LogP contribution in [0.15, 0.2) is 29.8 Å². The van der Waals surface area contributed by atoms with Gasteiger partial charge in [-0.05, 0) is 19.2 Å². The number of aromatic nitrogens is 4. The number of thioether (sulfide) groups is 1. The average Bonchev–Trinajstić information content (AvgIpc) is 2.86. The van der Waals surface area contributed by atoms with Gasteiger partial charge in [0.2, 0.25) is 0 Å². The van der Waals surface area contributed by atoms with Crippen LogP contribution >= 0.6 is 11.8 Å². The molecule has 0 N–H and O–H groups in total. The van der Waals surface area contributed by atoms with E-state index < -0.39 is 5.97 Å². The van der Waals surface area contributed by atoms with E-state index in [1.165, 1.54) is 11.8 Å². The van der Waals surface area contributed by atoms with Crippen molar-refractivity contribution < 1.29 is 9.53 Å². The van der Waals surface area contributed by atoms with Crippen molar-refractivity contribution in [3.8, 4) is 0 Å². The molecule has 0 bridgehead atoms. The Bertz CT molecular complexity index is 800. The lowest BCUT2D eigenvalue weighted by molar-refractivity contribution is 0.0522. The Morgan fingerprint density at radius 3 is 3.00 bits per heavy atom. The summed E-state index contributed by atoms with van der Waals surface area (Å²) < 4.78 is 6.92. The van der Waals surface area contributed by atoms with E-state index in [-0.39, 0.29) is 5.69 Å². The molecule has 3 aromatic rings. The van der Waals surface area contributed by atoms with Crippen molar-refractivity contribution in [1.82, 2.24) is 19.4 Å². The van der Waals surface area contributed by atoms with Crippen molar-refractivity contribution in [1.29, 1.82) is 0 Å². The van der Waals surface area contributed by atoms with Crippen LogP contribution in [0, 0.1) is 0 Å². The summed E-state index contributed by atoms with van der Waals surface area (Å²) in [5, 5.41) is 0.712. The molecule has 0 aromatic carbocycles. The third-order valence-corrected chi connectivity index (χ3v) is 3.52. The van der Waals surface area contributed by atoms with Gasteiger partial charge in [-0.3, -0.25) is 14.4 Å². The molecule has 0 spiro atoms. The molecule has 3 rings (SSSR count). The largest absolute Gasteiger partial charge is 0.461 e. The van der Waals surface area contributed by atoms with Crippen molar-refractivity contribution in [3.05, 3.63) is 30.4 Å². The summed E-state index contributed by atoms with van der Waals surface area (Å²) in [5.74, 6) is -0.435. The molecule has 6 nitrogen and oxygen atoms in total. The van der Waals surface area contributed by atoms with E-state index in [1.54, 1.807) is 25.5 Å². The minimum absolute atomic E-state index is 0.287. The average molecular weight is 288 g/mol. The zero-order valence-corrected chi connectivity index (χ0v) is 11.8. The van der Waals surface area contributed by atoms with Crippen LogP contribution in [0.2, 0.25) is 0 Å². The molecule has 0 aliphatic rings. The topological polar surface area (TPSA) is 69.4 Å². The molecule has 102 valence electrons. The van der Waals surface area contributed by atoms with Crippen molar-refractivity contribution in [3.63, 3.8) is 0 Å². The van der Waals surface area contributed by atoms with E-state index in [0.717, 1.165) is 11.0 Å². The van der Waals surface area contributed by atoms with Crippen LogP contribution in [0.5, 0.6) is 0 Å². The highest BCUT2D eigenvalue weighted by Gasteiger charge is 2.20. The van der Waals surface area contributed by atoms with Crippen LogP contribution < -0.4 is 0 Å². The predicted molar refractivity (Wildman–Crippen MR) is 76.0 cm³/mol. The normalized spacial score (nSPS) is 11.1. The van der Waals surface area contributed by atoms with Gasteiger partial charge in [-0.1, -0.05) is 11.8 Å². The van der Waals surface area contributed by atoms with Gasteiger partial charge in [0.25, 0.3) is 0 Å². The van der Waals surface area contributed by atoms with Gasteiger partial charge in [0.05, 0.1) is 35.6 Å². The molecule has 0 aliphatic heterocycles. The third-order valence-electron chi connectivity index (χ3n) is 2.88. The summed E-state index contributed by atoms with van der Waals surface area (Å²) >= 11 is 1.46. The molecule has 0 atom stereocenters. The Morgan fingerprint density at radius 1 is 1.40 bits per heavy atom. The maximum absolute atomic E-state index is 12.0. The van der Waals surface area contributed by atoms with Crippen LogP contribution in [-0.2, 0) is 4.74 Å². The Morgan fingerprint density at radius 2 is 2.25 bits per heavy atom. The number of hydrogen-bond donors (Lipinski definition) is 0. The quantitative estimate of drug-likeness (QED) is 0.543. The summed E-state index contributed by atoms with van der Waals surface area (Å²) in [6.45, 7) is 2.08. The zero-order chi connectivity index (χ0) is 14.1. The lowest BCUT2D eigenvalue weighted by Crippen LogP contribution is -2.05. The standard InChI is InChI=1S/C13H12N4O2S/c1-3-19-12(18)11-10-7-15-8-4-5-14-6-9(8)17(10)13(16-11)20-2/h4-7H,3H2,1-2H3. The summed E-state index contributed by atoms with van der Waals surface area (Å²) in [6.07, 6.45) is 6.95. The highest BCUT2D eigenvalue weighted by atomic mass is 32.2. The number of esters is 1. The number of pyridine rings is 1. The lowest BCUT2D eigenvalue weighted by atomic mass is 10.3. The predicted octanol–water partition coefficient (Wildman–Crippen LogP) is 2.18. The number of rotatable bonds is 3. The van der Waals surface area contributed by atoms with E-state index in [4.69, 9.17) is 4.74 Å². The molecule has 7 heteroatoms. The third kappa shape index (κ3) is 1.90. The molecular formula is C13H12N4O2S. The first-order valence-electron chi connectivity index (χ1n) is 6.08. The second-order valence-electron chi connectivity index (χ2n) is 4.01. The molecular weight excluding hydrogens is 276 g/mol. The van der Waals surface area contributed by atoms with E-state index in [9.17, 15) is 4.79 Å². The Balaban J connectivity index is 2.35. The molecule has 0 amide bonds. The molecule has 0 aliphatic carbocycles. The van der Waals surface area contributed by atoms with Gasteiger partial charge in [0.15, 0.2) is 10.9 Å². The molecule has 0 radical (unpaired) electrons. The zero-order valence-electron chi connectivity index (χ0n) is 11.0. The summed E-state index contributed by atoms with van der Waals surface area (Å²) in [5.41, 5.74) is 2.54. The first-order valence-corrected chi connectivity index (χ1v) is 7.31. The number of carbonyl (C=O) groups is 1. The van der Waals surface area contributed by atoms with Gasteiger partial charge in [-0.25, -0.2) is 9.78 Å². The summed E-state index contributed by atoms with van der Waals surface area (Å²) in [7, 11) is 0. The first kappa shape index (κ1) is 12.9. The van der Waals surface area contributed by atoms with Crippen LogP contribution in [-0.4, -0.2) is 38.2 Å². The fourth-order valence-electron chi connectivity index (χ4n) is 2.04. The Labute approximate surface area is 119 Å². The number of ether oxygens (including phenoxy) is 1. The summed E-state index contributed by atoms with van der Waals surface area (Å²) in [6, 6.07) is 1.82. The number of fused-ring (bicyclic) bond motifs is 3.